The van der Waals surface area contributed by atoms with Gasteiger partial charge in [-0.05, 0) is 44.9 Å². The molecule has 1 aromatic carbocycles. The van der Waals surface area contributed by atoms with E-state index >= 15 is 0 Å². The maximum Gasteiger partial charge on any atom is 0.253 e. The SMILES string of the molecule is Cc1cc(C)n(-c2nc(NC3CC3)c3ccccc3n2)n1.Cl. The third-order valence-electron chi connectivity index (χ3n) is 3.71. The van der Waals surface area contributed by atoms with Gasteiger partial charge in [-0.15, -0.1) is 12.4 Å². The number of aromatic nitrogens is 4. The number of hydrogen-bond acceptors (Lipinski definition) is 4. The van der Waals surface area contributed by atoms with E-state index in [9.17, 15) is 0 Å². The zero-order chi connectivity index (χ0) is 14.4. The highest BCUT2D eigenvalue weighted by atomic mass is 35.5. The molecule has 0 saturated heterocycles. The second-order valence-corrected chi connectivity index (χ2v) is 5.65. The minimum Gasteiger partial charge on any atom is -0.367 e. The van der Waals surface area contributed by atoms with Gasteiger partial charge in [0.25, 0.3) is 5.95 Å². The van der Waals surface area contributed by atoms with Crippen molar-refractivity contribution in [2.75, 3.05) is 5.32 Å². The lowest BCUT2D eigenvalue weighted by molar-refractivity contribution is 0.780. The molecule has 6 heteroatoms. The first-order valence-electron chi connectivity index (χ1n) is 7.28. The van der Waals surface area contributed by atoms with E-state index in [4.69, 9.17) is 4.98 Å². The van der Waals surface area contributed by atoms with Gasteiger partial charge in [-0.1, -0.05) is 12.1 Å². The van der Waals surface area contributed by atoms with Crippen LogP contribution in [0.5, 0.6) is 0 Å². The zero-order valence-corrected chi connectivity index (χ0v) is 13.4. The fourth-order valence-corrected chi connectivity index (χ4v) is 2.52. The van der Waals surface area contributed by atoms with Crippen LogP contribution in [-0.2, 0) is 0 Å². The van der Waals surface area contributed by atoms with Crippen molar-refractivity contribution in [3.63, 3.8) is 0 Å². The summed E-state index contributed by atoms with van der Waals surface area (Å²) in [7, 11) is 0. The van der Waals surface area contributed by atoms with E-state index in [0.29, 0.717) is 12.0 Å². The molecule has 1 N–H and O–H groups in total. The minimum atomic E-state index is 0. The van der Waals surface area contributed by atoms with Crippen LogP contribution in [0.25, 0.3) is 16.9 Å². The molecule has 114 valence electrons. The molecule has 5 nitrogen and oxygen atoms in total. The van der Waals surface area contributed by atoms with E-state index < -0.39 is 0 Å². The van der Waals surface area contributed by atoms with E-state index in [1.165, 1.54) is 12.8 Å². The highest BCUT2D eigenvalue weighted by molar-refractivity contribution is 5.89. The van der Waals surface area contributed by atoms with Crippen LogP contribution in [0.2, 0.25) is 0 Å². The molecule has 0 aliphatic heterocycles. The number of aryl methyl sites for hydroxylation is 2. The average molecular weight is 316 g/mol. The first-order valence-corrected chi connectivity index (χ1v) is 7.28. The molecule has 0 bridgehead atoms. The minimum absolute atomic E-state index is 0. The van der Waals surface area contributed by atoms with E-state index in [-0.39, 0.29) is 12.4 Å². The van der Waals surface area contributed by atoms with Gasteiger partial charge in [0.2, 0.25) is 0 Å². The molecule has 22 heavy (non-hydrogen) atoms. The average Bonchev–Trinajstić information content (AvgIpc) is 3.22. The quantitative estimate of drug-likeness (QED) is 0.804. The summed E-state index contributed by atoms with van der Waals surface area (Å²) < 4.78 is 1.81. The number of hydrogen-bond donors (Lipinski definition) is 1. The lowest BCUT2D eigenvalue weighted by Crippen LogP contribution is -2.10. The van der Waals surface area contributed by atoms with Crippen LogP contribution in [0, 0.1) is 13.8 Å². The fourth-order valence-electron chi connectivity index (χ4n) is 2.52. The molecule has 0 spiro atoms. The molecule has 2 aromatic heterocycles. The molecule has 1 saturated carbocycles. The Morgan fingerprint density at radius 1 is 1.14 bits per heavy atom. The Morgan fingerprint density at radius 3 is 2.59 bits per heavy atom. The van der Waals surface area contributed by atoms with Crippen LogP contribution in [0.3, 0.4) is 0 Å². The van der Waals surface area contributed by atoms with E-state index in [1.807, 2.05) is 38.1 Å². The monoisotopic (exact) mass is 315 g/mol. The number of nitrogens with zero attached hydrogens (tertiary/aromatic N) is 4. The third kappa shape index (κ3) is 2.64. The van der Waals surface area contributed by atoms with Gasteiger partial charge in [-0.25, -0.2) is 9.67 Å². The standard InChI is InChI=1S/C16H17N5.ClH/c1-10-9-11(2)21(20-10)16-18-14-6-4-3-5-13(14)15(19-16)17-12-7-8-12;/h3-6,9,12H,7-8H2,1-2H3,(H,17,18,19);1H. The van der Waals surface area contributed by atoms with Gasteiger partial charge >= 0.3 is 0 Å². The molecule has 0 unspecified atom stereocenters. The fraction of sp³-hybridized carbons (Fsp3) is 0.312. The molecule has 0 atom stereocenters. The maximum absolute atomic E-state index is 4.70. The van der Waals surface area contributed by atoms with Crippen molar-refractivity contribution in [1.82, 2.24) is 19.7 Å². The van der Waals surface area contributed by atoms with E-state index in [2.05, 4.69) is 21.5 Å². The Bertz CT molecular complexity index is 823. The van der Waals surface area contributed by atoms with E-state index in [0.717, 1.165) is 28.1 Å². The third-order valence-corrected chi connectivity index (χ3v) is 3.71. The summed E-state index contributed by atoms with van der Waals surface area (Å²) >= 11 is 0. The number of para-hydroxylation sites is 1. The van der Waals surface area contributed by atoms with Gasteiger partial charge in [0.05, 0.1) is 11.2 Å². The predicted molar refractivity (Wildman–Crippen MR) is 90.0 cm³/mol. The first kappa shape index (κ1) is 14.8. The second-order valence-electron chi connectivity index (χ2n) is 5.65. The van der Waals surface area contributed by atoms with Gasteiger partial charge in [-0.2, -0.15) is 10.1 Å². The Kier molecular flexibility index (Phi) is 3.74. The van der Waals surface area contributed by atoms with Gasteiger partial charge < -0.3 is 5.32 Å². The number of benzene rings is 1. The molecule has 1 fully saturated rings. The van der Waals surface area contributed by atoms with Gasteiger partial charge in [-0.3, -0.25) is 0 Å². The largest absolute Gasteiger partial charge is 0.367 e. The topological polar surface area (TPSA) is 55.6 Å². The summed E-state index contributed by atoms with van der Waals surface area (Å²) in [5.74, 6) is 1.54. The zero-order valence-electron chi connectivity index (χ0n) is 12.6. The van der Waals surface area contributed by atoms with Crippen LogP contribution in [0.4, 0.5) is 5.82 Å². The Labute approximate surface area is 135 Å². The van der Waals surface area contributed by atoms with Crippen molar-refractivity contribution in [3.05, 3.63) is 41.7 Å². The van der Waals surface area contributed by atoms with Crippen molar-refractivity contribution in [1.29, 1.82) is 0 Å². The highest BCUT2D eigenvalue weighted by Gasteiger charge is 2.23. The molecule has 1 aliphatic rings. The summed E-state index contributed by atoms with van der Waals surface area (Å²) in [5, 5.41) is 9.05. The maximum atomic E-state index is 4.70. The van der Waals surface area contributed by atoms with Gasteiger partial charge in [0, 0.05) is 17.1 Å². The predicted octanol–water partition coefficient (Wildman–Crippen LogP) is 3.43. The van der Waals surface area contributed by atoms with Crippen molar-refractivity contribution in [3.8, 4) is 5.95 Å². The normalized spacial score (nSPS) is 13.9. The molecular formula is C16H18ClN5. The smallest absolute Gasteiger partial charge is 0.253 e. The number of halogens is 1. The number of anilines is 1. The first-order chi connectivity index (χ1) is 10.2. The summed E-state index contributed by atoms with van der Waals surface area (Å²) in [5.41, 5.74) is 2.96. The summed E-state index contributed by atoms with van der Waals surface area (Å²) in [4.78, 5) is 9.36. The summed E-state index contributed by atoms with van der Waals surface area (Å²) in [6.07, 6.45) is 2.43. The van der Waals surface area contributed by atoms with E-state index in [1.54, 1.807) is 4.68 Å². The van der Waals surface area contributed by atoms with Crippen LogP contribution in [-0.4, -0.2) is 25.8 Å². The lowest BCUT2D eigenvalue weighted by Gasteiger charge is -2.10. The summed E-state index contributed by atoms with van der Waals surface area (Å²) in [6.45, 7) is 4.00. The molecule has 4 rings (SSSR count). The molecule has 3 aromatic rings. The van der Waals surface area contributed by atoms with Gasteiger partial charge in [0.15, 0.2) is 0 Å². The molecule has 0 radical (unpaired) electrons. The number of rotatable bonds is 3. The Morgan fingerprint density at radius 2 is 1.91 bits per heavy atom. The van der Waals surface area contributed by atoms with Crippen LogP contribution < -0.4 is 5.32 Å². The molecule has 0 amide bonds. The van der Waals surface area contributed by atoms with Crippen LogP contribution in [0.15, 0.2) is 30.3 Å². The van der Waals surface area contributed by atoms with Crippen molar-refractivity contribution >= 4 is 29.1 Å². The second kappa shape index (κ2) is 5.57. The number of fused-ring (bicyclic) bond motifs is 1. The molecule has 2 heterocycles. The highest BCUT2D eigenvalue weighted by Crippen LogP contribution is 2.28. The Hall–Kier alpha value is -2.14. The Balaban J connectivity index is 0.00000144. The van der Waals surface area contributed by atoms with Crippen molar-refractivity contribution in [2.24, 2.45) is 0 Å². The van der Waals surface area contributed by atoms with Crippen LogP contribution in [0.1, 0.15) is 24.2 Å². The lowest BCUT2D eigenvalue weighted by atomic mass is 10.2. The van der Waals surface area contributed by atoms with Gasteiger partial charge in [0.1, 0.15) is 5.82 Å². The van der Waals surface area contributed by atoms with Crippen molar-refractivity contribution < 1.29 is 0 Å². The van der Waals surface area contributed by atoms with Crippen LogP contribution >= 0.6 is 12.4 Å². The molecule has 1 aliphatic carbocycles. The summed E-state index contributed by atoms with van der Waals surface area (Å²) in [6, 6.07) is 10.7. The number of nitrogens with one attached hydrogen (secondary N) is 1. The molecular weight excluding hydrogens is 298 g/mol. The van der Waals surface area contributed by atoms with Crippen molar-refractivity contribution in [2.45, 2.75) is 32.7 Å².